The van der Waals surface area contributed by atoms with E-state index in [0.29, 0.717) is 10.9 Å². The summed E-state index contributed by atoms with van der Waals surface area (Å²) in [7, 11) is 1.73. The Labute approximate surface area is 126 Å². The second-order valence-corrected chi connectivity index (χ2v) is 5.69. The van der Waals surface area contributed by atoms with E-state index in [1.165, 1.54) is 16.4 Å². The van der Waals surface area contributed by atoms with Crippen molar-refractivity contribution in [3.05, 3.63) is 35.4 Å². The van der Waals surface area contributed by atoms with Crippen molar-refractivity contribution in [1.29, 1.82) is 0 Å². The van der Waals surface area contributed by atoms with Crippen LogP contribution < -0.4 is 0 Å². The van der Waals surface area contributed by atoms with Crippen LogP contribution in [0.4, 0.5) is 0 Å². The van der Waals surface area contributed by atoms with Gasteiger partial charge in [0.15, 0.2) is 0 Å². The number of nitrogens with zero attached hydrogens (tertiary/aromatic N) is 4. The lowest BCUT2D eigenvalue weighted by Crippen LogP contribution is -2.15. The summed E-state index contributed by atoms with van der Waals surface area (Å²) >= 11 is 1.34. The number of hydrogen-bond donors (Lipinski definition) is 3. The summed E-state index contributed by atoms with van der Waals surface area (Å²) < 4.78 is 1.53. The molecule has 0 aliphatic carbocycles. The quantitative estimate of drug-likeness (QED) is 0.631. The van der Waals surface area contributed by atoms with Crippen molar-refractivity contribution in [2.75, 3.05) is 5.75 Å². The first-order valence-electron chi connectivity index (χ1n) is 6.51. The van der Waals surface area contributed by atoms with Crippen molar-refractivity contribution in [1.82, 2.24) is 20.2 Å². The molecule has 21 heavy (non-hydrogen) atoms. The highest BCUT2D eigenvalue weighted by molar-refractivity contribution is 7.99. The van der Waals surface area contributed by atoms with E-state index in [0.717, 1.165) is 11.1 Å². The van der Waals surface area contributed by atoms with E-state index in [4.69, 9.17) is 5.11 Å². The third-order valence-corrected chi connectivity index (χ3v) is 4.18. The number of aromatic nitrogens is 4. The molecule has 0 radical (unpaired) electrons. The van der Waals surface area contributed by atoms with E-state index in [1.807, 2.05) is 0 Å². The summed E-state index contributed by atoms with van der Waals surface area (Å²) in [4.78, 5) is 0. The van der Waals surface area contributed by atoms with Gasteiger partial charge in [-0.3, -0.25) is 0 Å². The first-order chi connectivity index (χ1) is 10.1. The Hall–Kier alpha value is -1.48. The van der Waals surface area contributed by atoms with Gasteiger partial charge in [-0.25, -0.2) is 4.68 Å². The van der Waals surface area contributed by atoms with Crippen LogP contribution in [0.15, 0.2) is 29.4 Å². The molecule has 0 aliphatic heterocycles. The van der Waals surface area contributed by atoms with Gasteiger partial charge in [-0.15, -0.1) is 5.10 Å². The molecular weight excluding hydrogens is 292 g/mol. The molecule has 114 valence electrons. The first kappa shape index (κ1) is 15.9. The molecule has 7 nitrogen and oxygen atoms in total. The predicted molar refractivity (Wildman–Crippen MR) is 77.5 cm³/mol. The van der Waals surface area contributed by atoms with Crippen LogP contribution in [0.3, 0.4) is 0 Å². The molecular formula is C13H18N4O3S. The van der Waals surface area contributed by atoms with Crippen molar-refractivity contribution in [3.8, 4) is 0 Å². The zero-order valence-electron chi connectivity index (χ0n) is 11.6. The first-order valence-corrected chi connectivity index (χ1v) is 7.49. The molecule has 0 spiro atoms. The number of tetrazole rings is 1. The smallest absolute Gasteiger partial charge is 0.209 e. The molecule has 0 saturated heterocycles. The third-order valence-electron chi connectivity index (χ3n) is 3.03. The largest absolute Gasteiger partial charge is 0.392 e. The molecule has 3 N–H and O–H groups in total. The molecule has 2 aromatic rings. The predicted octanol–water partition coefficient (Wildman–Crippen LogP) is 0.279. The fraction of sp³-hybridized carbons (Fsp3) is 0.462. The summed E-state index contributed by atoms with van der Waals surface area (Å²) in [6.45, 7) is -0.0264. The van der Waals surface area contributed by atoms with Crippen molar-refractivity contribution in [2.45, 2.75) is 30.4 Å². The molecule has 0 aliphatic rings. The van der Waals surface area contributed by atoms with Gasteiger partial charge >= 0.3 is 0 Å². The maximum atomic E-state index is 10.1. The molecule has 8 heteroatoms. The number of aliphatic hydroxyl groups excluding tert-OH is 3. The van der Waals surface area contributed by atoms with E-state index in [2.05, 4.69) is 15.5 Å². The van der Waals surface area contributed by atoms with Crippen LogP contribution in [0.1, 0.15) is 23.7 Å². The lowest BCUT2D eigenvalue weighted by molar-refractivity contribution is 0.0930. The van der Waals surface area contributed by atoms with Gasteiger partial charge < -0.3 is 15.3 Å². The summed E-state index contributed by atoms with van der Waals surface area (Å²) in [5, 5.41) is 40.7. The van der Waals surface area contributed by atoms with Crippen molar-refractivity contribution in [3.63, 3.8) is 0 Å². The Balaban J connectivity index is 1.83. The fourth-order valence-electron chi connectivity index (χ4n) is 1.82. The Morgan fingerprint density at radius 3 is 2.52 bits per heavy atom. The molecule has 1 aromatic carbocycles. The Bertz CT molecular complexity index is 561. The number of hydrogen-bond acceptors (Lipinski definition) is 7. The average Bonchev–Trinajstić information content (AvgIpc) is 2.90. The van der Waals surface area contributed by atoms with E-state index in [-0.39, 0.29) is 13.0 Å². The van der Waals surface area contributed by atoms with Gasteiger partial charge in [0.05, 0.1) is 18.8 Å². The molecule has 2 atom stereocenters. The summed E-state index contributed by atoms with van der Waals surface area (Å²) in [5.74, 6) is 0.403. The minimum absolute atomic E-state index is 0.0264. The van der Waals surface area contributed by atoms with Gasteiger partial charge in [-0.1, -0.05) is 36.0 Å². The average molecular weight is 310 g/mol. The van der Waals surface area contributed by atoms with E-state index < -0.39 is 12.2 Å². The lowest BCUT2D eigenvalue weighted by atomic mass is 10.0. The molecule has 0 fully saturated rings. The van der Waals surface area contributed by atoms with E-state index in [1.54, 1.807) is 31.3 Å². The minimum atomic E-state index is -0.744. The number of aryl methyl sites for hydroxylation is 1. The monoisotopic (exact) mass is 310 g/mol. The van der Waals surface area contributed by atoms with Crippen LogP contribution in [0.25, 0.3) is 0 Å². The van der Waals surface area contributed by atoms with Crippen LogP contribution in [0, 0.1) is 0 Å². The standard InChI is InChI=1S/C13H18N4O3S/c1-17-13(14-15-16-17)21-8-11(19)6-12(20)10-4-2-9(7-18)3-5-10/h2-5,11-12,18-20H,6-8H2,1H3/t11-,12+/m0/s1. The molecule has 2 rings (SSSR count). The van der Waals surface area contributed by atoms with Crippen molar-refractivity contribution >= 4 is 11.8 Å². The third kappa shape index (κ3) is 4.50. The second-order valence-electron chi connectivity index (χ2n) is 4.70. The number of rotatable bonds is 7. The van der Waals surface area contributed by atoms with Gasteiger partial charge in [0.25, 0.3) is 0 Å². The van der Waals surface area contributed by atoms with E-state index in [9.17, 15) is 10.2 Å². The summed E-state index contributed by atoms with van der Waals surface area (Å²) in [5.41, 5.74) is 1.51. The van der Waals surface area contributed by atoms with Crippen LogP contribution in [0.2, 0.25) is 0 Å². The SMILES string of the molecule is Cn1nnnc1SC[C@@H](O)C[C@@H](O)c1ccc(CO)cc1. The van der Waals surface area contributed by atoms with Gasteiger partial charge in [0, 0.05) is 19.2 Å². The molecule has 1 heterocycles. The Kier molecular flexibility index (Phi) is 5.68. The maximum Gasteiger partial charge on any atom is 0.209 e. The van der Waals surface area contributed by atoms with E-state index >= 15 is 0 Å². The molecule has 0 unspecified atom stereocenters. The van der Waals surface area contributed by atoms with Crippen molar-refractivity contribution < 1.29 is 15.3 Å². The van der Waals surface area contributed by atoms with Gasteiger partial charge in [-0.2, -0.15) is 0 Å². The normalized spacial score (nSPS) is 14.1. The Morgan fingerprint density at radius 1 is 1.24 bits per heavy atom. The van der Waals surface area contributed by atoms with Crippen LogP contribution in [-0.4, -0.2) is 47.4 Å². The van der Waals surface area contributed by atoms with Gasteiger partial charge in [0.1, 0.15) is 0 Å². The van der Waals surface area contributed by atoms with Crippen LogP contribution in [-0.2, 0) is 13.7 Å². The number of benzene rings is 1. The maximum absolute atomic E-state index is 10.1. The second kappa shape index (κ2) is 7.51. The van der Waals surface area contributed by atoms with Crippen molar-refractivity contribution in [2.24, 2.45) is 7.05 Å². The molecule has 1 aromatic heterocycles. The zero-order chi connectivity index (χ0) is 15.2. The van der Waals surface area contributed by atoms with Crippen LogP contribution >= 0.6 is 11.8 Å². The highest BCUT2D eigenvalue weighted by Crippen LogP contribution is 2.22. The highest BCUT2D eigenvalue weighted by atomic mass is 32.2. The summed E-state index contributed by atoms with van der Waals surface area (Å²) in [6, 6.07) is 7.02. The van der Waals surface area contributed by atoms with Gasteiger partial charge in [-0.05, 0) is 21.6 Å². The topological polar surface area (TPSA) is 104 Å². The fourth-order valence-corrected chi connectivity index (χ4v) is 2.62. The summed E-state index contributed by atoms with van der Waals surface area (Å²) in [6.07, 6.45) is -1.18. The minimum Gasteiger partial charge on any atom is -0.392 e. The number of aliphatic hydroxyl groups is 3. The molecule has 0 saturated carbocycles. The number of thioether (sulfide) groups is 1. The zero-order valence-corrected chi connectivity index (χ0v) is 12.4. The van der Waals surface area contributed by atoms with Crippen LogP contribution in [0.5, 0.6) is 0 Å². The molecule has 0 bridgehead atoms. The highest BCUT2D eigenvalue weighted by Gasteiger charge is 2.15. The lowest BCUT2D eigenvalue weighted by Gasteiger charge is -2.15. The Morgan fingerprint density at radius 2 is 1.95 bits per heavy atom. The molecule has 0 amide bonds. The van der Waals surface area contributed by atoms with Gasteiger partial charge in [0.2, 0.25) is 5.16 Å².